The summed E-state index contributed by atoms with van der Waals surface area (Å²) in [5, 5.41) is 0. The standard InChI is InChI=1S/C2H8OP2S2/c1-4-6-3-7-5-2/h4-5H,1-2H3. The molecule has 0 aromatic heterocycles. The van der Waals surface area contributed by atoms with Gasteiger partial charge in [0.25, 0.3) is 0 Å². The molecule has 44 valence electrons. The van der Waals surface area contributed by atoms with Gasteiger partial charge in [0.05, 0.1) is 0 Å². The van der Waals surface area contributed by atoms with Gasteiger partial charge in [-0.25, -0.2) is 3.63 Å². The first kappa shape index (κ1) is 8.52. The predicted octanol–water partition coefficient (Wildman–Crippen LogP) is 2.75. The molecule has 1 nitrogen and oxygen atoms in total. The third kappa shape index (κ3) is 7.52. The summed E-state index contributed by atoms with van der Waals surface area (Å²) in [5.74, 6) is 0. The summed E-state index contributed by atoms with van der Waals surface area (Å²) in [5.41, 5.74) is 0. The monoisotopic (exact) mass is 174 g/mol. The highest BCUT2D eigenvalue weighted by Crippen LogP contribution is 2.37. The van der Waals surface area contributed by atoms with Crippen LogP contribution in [0.25, 0.3) is 0 Å². The highest BCUT2D eigenvalue weighted by atomic mass is 32.8. The van der Waals surface area contributed by atoms with Crippen LogP contribution in [0, 0.1) is 0 Å². The smallest absolute Gasteiger partial charge is 0.0304 e. The minimum absolute atomic E-state index is 0.846. The van der Waals surface area contributed by atoms with Gasteiger partial charge in [-0.2, -0.15) is 0 Å². The van der Waals surface area contributed by atoms with Gasteiger partial charge in [-0.1, -0.05) is 0 Å². The van der Waals surface area contributed by atoms with Crippen molar-refractivity contribution in [2.75, 3.05) is 13.3 Å². The second kappa shape index (κ2) is 7.52. The van der Waals surface area contributed by atoms with E-state index in [-0.39, 0.29) is 0 Å². The van der Waals surface area contributed by atoms with Crippen LogP contribution >= 0.6 is 38.9 Å². The van der Waals surface area contributed by atoms with E-state index in [1.165, 1.54) is 23.3 Å². The fourth-order valence-electron chi connectivity index (χ4n) is 0.0851. The summed E-state index contributed by atoms with van der Waals surface area (Å²) in [4.78, 5) is 0. The Bertz CT molecular complexity index is 32.9. The van der Waals surface area contributed by atoms with E-state index in [0.717, 1.165) is 15.6 Å². The molecule has 0 spiro atoms. The molecule has 0 heterocycles. The van der Waals surface area contributed by atoms with Crippen molar-refractivity contribution < 1.29 is 3.63 Å². The van der Waals surface area contributed by atoms with E-state index in [0.29, 0.717) is 0 Å². The molecule has 0 aliphatic heterocycles. The second-order valence-electron chi connectivity index (χ2n) is 0.643. The van der Waals surface area contributed by atoms with Gasteiger partial charge in [0.15, 0.2) is 0 Å². The molecule has 0 fully saturated rings. The lowest BCUT2D eigenvalue weighted by atomic mass is 12.0. The van der Waals surface area contributed by atoms with Crippen molar-refractivity contribution in [2.45, 2.75) is 0 Å². The molecule has 0 radical (unpaired) electrons. The molecule has 0 saturated carbocycles. The van der Waals surface area contributed by atoms with Gasteiger partial charge in [-0.3, -0.25) is 0 Å². The van der Waals surface area contributed by atoms with E-state index in [9.17, 15) is 0 Å². The second-order valence-corrected chi connectivity index (χ2v) is 5.79. The van der Waals surface area contributed by atoms with Crippen LogP contribution < -0.4 is 0 Å². The summed E-state index contributed by atoms with van der Waals surface area (Å²) in [6.07, 6.45) is 0. The van der Waals surface area contributed by atoms with E-state index in [2.05, 4.69) is 13.3 Å². The van der Waals surface area contributed by atoms with E-state index in [4.69, 9.17) is 3.63 Å². The predicted molar refractivity (Wildman–Crippen MR) is 44.7 cm³/mol. The minimum Gasteiger partial charge on any atom is -0.239 e. The van der Waals surface area contributed by atoms with Crippen LogP contribution in [0.2, 0.25) is 0 Å². The summed E-state index contributed by atoms with van der Waals surface area (Å²) >= 11 is 3.06. The van der Waals surface area contributed by atoms with Gasteiger partial charge >= 0.3 is 0 Å². The Labute approximate surface area is 56.2 Å². The molecule has 0 rings (SSSR count). The van der Waals surface area contributed by atoms with Crippen molar-refractivity contribution in [1.82, 2.24) is 0 Å². The SMILES string of the molecule is CPSOSPC. The molecule has 0 bridgehead atoms. The molecule has 0 aliphatic carbocycles. The molecular formula is C2H8OP2S2. The van der Waals surface area contributed by atoms with Gasteiger partial charge < -0.3 is 0 Å². The normalized spacial score (nSPS) is 12.9. The summed E-state index contributed by atoms with van der Waals surface area (Å²) in [6.45, 7) is 4.20. The zero-order chi connectivity index (χ0) is 5.54. The highest BCUT2D eigenvalue weighted by Gasteiger charge is 1.80. The van der Waals surface area contributed by atoms with Gasteiger partial charge in [0.1, 0.15) is 0 Å². The van der Waals surface area contributed by atoms with Crippen molar-refractivity contribution in [3.05, 3.63) is 0 Å². The van der Waals surface area contributed by atoms with E-state index in [1.54, 1.807) is 0 Å². The van der Waals surface area contributed by atoms with Gasteiger partial charge in [-0.05, 0) is 28.9 Å². The zero-order valence-electron chi connectivity index (χ0n) is 4.22. The van der Waals surface area contributed by atoms with E-state index >= 15 is 0 Å². The van der Waals surface area contributed by atoms with Gasteiger partial charge in [-0.15, -0.1) is 0 Å². The average Bonchev–Trinajstić information content (AvgIpc) is 1.69. The molecule has 0 saturated heterocycles. The number of rotatable bonds is 4. The molecule has 7 heavy (non-hydrogen) atoms. The molecule has 0 aromatic rings. The third-order valence-electron chi connectivity index (χ3n) is 0.235. The minimum atomic E-state index is 0.846. The molecule has 2 atom stereocenters. The van der Waals surface area contributed by atoms with Crippen molar-refractivity contribution in [1.29, 1.82) is 0 Å². The van der Waals surface area contributed by atoms with Crippen LogP contribution in [-0.4, -0.2) is 13.3 Å². The largest absolute Gasteiger partial charge is 0.239 e. The maximum Gasteiger partial charge on any atom is 0.0304 e. The average molecular weight is 174 g/mol. The lowest BCUT2D eigenvalue weighted by molar-refractivity contribution is 0.783. The quantitative estimate of drug-likeness (QED) is 0.368. The lowest BCUT2D eigenvalue weighted by Gasteiger charge is -1.91. The van der Waals surface area contributed by atoms with Crippen LogP contribution in [0.3, 0.4) is 0 Å². The molecule has 0 aliphatic rings. The maximum absolute atomic E-state index is 4.99. The lowest BCUT2D eigenvalue weighted by Crippen LogP contribution is -1.45. The Morgan fingerprint density at radius 2 is 1.57 bits per heavy atom. The topological polar surface area (TPSA) is 9.23 Å². The summed E-state index contributed by atoms with van der Waals surface area (Å²) in [7, 11) is 1.69. The van der Waals surface area contributed by atoms with Crippen molar-refractivity contribution in [2.24, 2.45) is 0 Å². The Balaban J connectivity index is 2.45. The molecule has 0 amide bonds. The van der Waals surface area contributed by atoms with E-state index < -0.39 is 0 Å². The first-order valence-corrected chi connectivity index (χ1v) is 7.67. The van der Waals surface area contributed by atoms with Gasteiger partial charge in [0.2, 0.25) is 0 Å². The molecule has 0 aromatic carbocycles. The fourth-order valence-corrected chi connectivity index (χ4v) is 3.21. The Morgan fingerprint density at radius 3 is 1.86 bits per heavy atom. The van der Waals surface area contributed by atoms with Crippen LogP contribution in [-0.2, 0) is 3.63 Å². The van der Waals surface area contributed by atoms with E-state index in [1.807, 2.05) is 0 Å². The van der Waals surface area contributed by atoms with Crippen LogP contribution in [0.1, 0.15) is 0 Å². The van der Waals surface area contributed by atoms with Crippen LogP contribution in [0.15, 0.2) is 0 Å². The third-order valence-corrected chi connectivity index (χ3v) is 3.34. The van der Waals surface area contributed by atoms with Crippen molar-refractivity contribution >= 4 is 38.9 Å². The molecule has 2 unspecified atom stereocenters. The van der Waals surface area contributed by atoms with Crippen molar-refractivity contribution in [3.8, 4) is 0 Å². The Hall–Kier alpha value is 1.52. The maximum atomic E-state index is 4.99. The molecule has 5 heteroatoms. The summed E-state index contributed by atoms with van der Waals surface area (Å²) < 4.78 is 4.99. The zero-order valence-corrected chi connectivity index (χ0v) is 7.86. The molecular weight excluding hydrogens is 166 g/mol. The Morgan fingerprint density at radius 1 is 1.14 bits per heavy atom. The highest BCUT2D eigenvalue weighted by molar-refractivity contribution is 8.55. The number of hydrogen-bond donors (Lipinski definition) is 0. The molecule has 0 N–H and O–H groups in total. The number of hydrogen-bond acceptors (Lipinski definition) is 3. The first-order valence-electron chi connectivity index (χ1n) is 1.74. The van der Waals surface area contributed by atoms with Crippen LogP contribution in [0.5, 0.6) is 0 Å². The van der Waals surface area contributed by atoms with Crippen molar-refractivity contribution in [3.63, 3.8) is 0 Å². The van der Waals surface area contributed by atoms with Crippen LogP contribution in [0.4, 0.5) is 0 Å². The Kier molecular flexibility index (Phi) is 9.15. The van der Waals surface area contributed by atoms with Gasteiger partial charge in [0, 0.05) is 23.3 Å². The fraction of sp³-hybridized carbons (Fsp3) is 1.00. The first-order chi connectivity index (χ1) is 3.41. The summed E-state index contributed by atoms with van der Waals surface area (Å²) in [6, 6.07) is 0.